The summed E-state index contributed by atoms with van der Waals surface area (Å²) in [4.78, 5) is 4.29. The molecule has 0 atom stereocenters. The molecule has 21 heavy (non-hydrogen) atoms. The van der Waals surface area contributed by atoms with Gasteiger partial charge < -0.3 is 14.2 Å². The van der Waals surface area contributed by atoms with Crippen LogP contribution in [0.5, 0.6) is 17.4 Å². The number of methoxy groups -OCH3 is 1. The average molecular weight is 352 g/mol. The molecule has 0 aliphatic carbocycles. The SMILES string of the molecule is CCOc1c(OCc2ccc(OC)cc2)ncc(Br)c1C. The molecule has 4 nitrogen and oxygen atoms in total. The zero-order valence-electron chi connectivity index (χ0n) is 12.4. The molecule has 0 amide bonds. The number of rotatable bonds is 6. The molecule has 2 rings (SSSR count). The van der Waals surface area contributed by atoms with Crippen LogP contribution in [0.25, 0.3) is 0 Å². The molecule has 0 N–H and O–H groups in total. The number of nitrogens with zero attached hydrogens (tertiary/aromatic N) is 1. The Bertz CT molecular complexity index is 599. The number of hydrogen-bond donors (Lipinski definition) is 0. The molecule has 0 unspecified atom stereocenters. The molecular weight excluding hydrogens is 334 g/mol. The second kappa shape index (κ2) is 7.31. The van der Waals surface area contributed by atoms with Crippen molar-refractivity contribution in [3.05, 3.63) is 46.1 Å². The topological polar surface area (TPSA) is 40.6 Å². The molecule has 1 aromatic heterocycles. The van der Waals surface area contributed by atoms with Crippen LogP contribution >= 0.6 is 15.9 Å². The van der Waals surface area contributed by atoms with Crippen molar-refractivity contribution < 1.29 is 14.2 Å². The number of ether oxygens (including phenoxy) is 3. The lowest BCUT2D eigenvalue weighted by Gasteiger charge is -2.14. The van der Waals surface area contributed by atoms with Crippen LogP contribution in [-0.4, -0.2) is 18.7 Å². The van der Waals surface area contributed by atoms with E-state index in [9.17, 15) is 0 Å². The third-order valence-corrected chi connectivity index (χ3v) is 3.81. The van der Waals surface area contributed by atoms with E-state index in [4.69, 9.17) is 14.2 Å². The van der Waals surface area contributed by atoms with Crippen LogP contribution in [-0.2, 0) is 6.61 Å². The summed E-state index contributed by atoms with van der Waals surface area (Å²) in [5, 5.41) is 0. The summed E-state index contributed by atoms with van der Waals surface area (Å²) < 4.78 is 17.5. The quantitative estimate of drug-likeness (QED) is 0.784. The molecule has 2 aromatic rings. The molecule has 0 fully saturated rings. The van der Waals surface area contributed by atoms with Crippen molar-refractivity contribution in [2.75, 3.05) is 13.7 Å². The molecule has 0 aliphatic rings. The predicted octanol–water partition coefficient (Wildman–Crippen LogP) is 4.14. The highest BCUT2D eigenvalue weighted by Crippen LogP contribution is 2.33. The lowest BCUT2D eigenvalue weighted by Crippen LogP contribution is -2.03. The van der Waals surface area contributed by atoms with Gasteiger partial charge in [0.05, 0.1) is 13.7 Å². The largest absolute Gasteiger partial charge is 0.497 e. The zero-order chi connectivity index (χ0) is 15.2. The first kappa shape index (κ1) is 15.6. The van der Waals surface area contributed by atoms with Crippen LogP contribution in [0, 0.1) is 6.92 Å². The summed E-state index contributed by atoms with van der Waals surface area (Å²) in [5.74, 6) is 2.01. The number of pyridine rings is 1. The van der Waals surface area contributed by atoms with E-state index in [1.807, 2.05) is 38.1 Å². The van der Waals surface area contributed by atoms with Gasteiger partial charge in [-0.3, -0.25) is 0 Å². The predicted molar refractivity (Wildman–Crippen MR) is 85.2 cm³/mol. The zero-order valence-corrected chi connectivity index (χ0v) is 13.9. The van der Waals surface area contributed by atoms with E-state index in [0.29, 0.717) is 24.8 Å². The van der Waals surface area contributed by atoms with Crippen molar-refractivity contribution >= 4 is 15.9 Å². The Labute approximate surface area is 133 Å². The van der Waals surface area contributed by atoms with E-state index in [-0.39, 0.29) is 0 Å². The number of benzene rings is 1. The normalized spacial score (nSPS) is 10.3. The third kappa shape index (κ3) is 3.88. The smallest absolute Gasteiger partial charge is 0.257 e. The minimum Gasteiger partial charge on any atom is -0.497 e. The van der Waals surface area contributed by atoms with Crippen molar-refractivity contribution in [2.45, 2.75) is 20.5 Å². The lowest BCUT2D eigenvalue weighted by molar-refractivity contribution is 0.257. The molecule has 0 saturated heterocycles. The Morgan fingerprint density at radius 2 is 1.86 bits per heavy atom. The Hall–Kier alpha value is -1.75. The minimum absolute atomic E-state index is 0.429. The van der Waals surface area contributed by atoms with Crippen LogP contribution in [0.3, 0.4) is 0 Å². The molecular formula is C16H18BrNO3. The summed E-state index contributed by atoms with van der Waals surface area (Å²) in [6.07, 6.45) is 1.72. The monoisotopic (exact) mass is 351 g/mol. The summed E-state index contributed by atoms with van der Waals surface area (Å²) in [7, 11) is 1.65. The highest BCUT2D eigenvalue weighted by atomic mass is 79.9. The molecule has 0 radical (unpaired) electrons. The summed E-state index contributed by atoms with van der Waals surface area (Å²) in [5.41, 5.74) is 2.03. The number of hydrogen-bond acceptors (Lipinski definition) is 4. The van der Waals surface area contributed by atoms with Gasteiger partial charge in [0.15, 0.2) is 5.75 Å². The van der Waals surface area contributed by atoms with E-state index >= 15 is 0 Å². The fourth-order valence-corrected chi connectivity index (χ4v) is 2.11. The number of halogens is 1. The highest BCUT2D eigenvalue weighted by Gasteiger charge is 2.13. The van der Waals surface area contributed by atoms with Crippen molar-refractivity contribution in [2.24, 2.45) is 0 Å². The van der Waals surface area contributed by atoms with Crippen molar-refractivity contribution in [1.82, 2.24) is 4.98 Å². The van der Waals surface area contributed by atoms with Gasteiger partial charge in [0.25, 0.3) is 5.88 Å². The van der Waals surface area contributed by atoms with E-state index in [2.05, 4.69) is 20.9 Å². The van der Waals surface area contributed by atoms with Crippen LogP contribution in [0.1, 0.15) is 18.1 Å². The first-order chi connectivity index (χ1) is 10.2. The van der Waals surface area contributed by atoms with Gasteiger partial charge in [-0.2, -0.15) is 0 Å². The van der Waals surface area contributed by atoms with Crippen LogP contribution in [0.4, 0.5) is 0 Å². The van der Waals surface area contributed by atoms with Gasteiger partial charge in [0.2, 0.25) is 0 Å². The molecule has 112 valence electrons. The van der Waals surface area contributed by atoms with Gasteiger partial charge >= 0.3 is 0 Å². The maximum atomic E-state index is 5.79. The molecule has 1 heterocycles. The molecule has 5 heteroatoms. The highest BCUT2D eigenvalue weighted by molar-refractivity contribution is 9.10. The van der Waals surface area contributed by atoms with Crippen LogP contribution in [0.15, 0.2) is 34.9 Å². The van der Waals surface area contributed by atoms with Gasteiger partial charge in [-0.1, -0.05) is 12.1 Å². The summed E-state index contributed by atoms with van der Waals surface area (Å²) in [6, 6.07) is 7.74. The average Bonchev–Trinajstić information content (AvgIpc) is 2.52. The van der Waals surface area contributed by atoms with Gasteiger partial charge in [-0.05, 0) is 47.5 Å². The molecule has 0 bridgehead atoms. The summed E-state index contributed by atoms with van der Waals surface area (Å²) >= 11 is 3.45. The Morgan fingerprint density at radius 3 is 2.48 bits per heavy atom. The molecule has 0 spiro atoms. The van der Waals surface area contributed by atoms with Crippen molar-refractivity contribution in [3.8, 4) is 17.4 Å². The van der Waals surface area contributed by atoms with E-state index in [1.54, 1.807) is 13.3 Å². The first-order valence-electron chi connectivity index (χ1n) is 6.69. The van der Waals surface area contributed by atoms with Crippen molar-refractivity contribution in [3.63, 3.8) is 0 Å². The number of aromatic nitrogens is 1. The second-order valence-corrected chi connectivity index (χ2v) is 5.29. The Kier molecular flexibility index (Phi) is 5.44. The standard InChI is InChI=1S/C16H18BrNO3/c1-4-20-15-11(2)14(17)9-18-16(15)21-10-12-5-7-13(19-3)8-6-12/h5-9H,4,10H2,1-3H3. The lowest BCUT2D eigenvalue weighted by atomic mass is 10.2. The van der Waals surface area contributed by atoms with Gasteiger partial charge in [-0.15, -0.1) is 0 Å². The fourth-order valence-electron chi connectivity index (χ4n) is 1.83. The minimum atomic E-state index is 0.429. The van der Waals surface area contributed by atoms with Gasteiger partial charge in [0.1, 0.15) is 12.4 Å². The maximum absolute atomic E-state index is 5.79. The first-order valence-corrected chi connectivity index (χ1v) is 7.48. The van der Waals surface area contributed by atoms with Gasteiger partial charge in [-0.25, -0.2) is 4.98 Å². The van der Waals surface area contributed by atoms with E-state index in [0.717, 1.165) is 21.3 Å². The molecule has 1 aromatic carbocycles. The molecule has 0 aliphatic heterocycles. The maximum Gasteiger partial charge on any atom is 0.257 e. The van der Waals surface area contributed by atoms with Gasteiger partial charge in [0, 0.05) is 16.2 Å². The van der Waals surface area contributed by atoms with E-state index < -0.39 is 0 Å². The molecule has 0 saturated carbocycles. The Morgan fingerprint density at radius 1 is 1.14 bits per heavy atom. The Balaban J connectivity index is 2.13. The van der Waals surface area contributed by atoms with Crippen molar-refractivity contribution in [1.29, 1.82) is 0 Å². The fraction of sp³-hybridized carbons (Fsp3) is 0.312. The second-order valence-electron chi connectivity index (χ2n) is 4.44. The summed E-state index contributed by atoms with van der Waals surface area (Å²) in [6.45, 7) is 4.90. The van der Waals surface area contributed by atoms with Crippen LogP contribution in [0.2, 0.25) is 0 Å². The van der Waals surface area contributed by atoms with Crippen LogP contribution < -0.4 is 14.2 Å². The van der Waals surface area contributed by atoms with E-state index in [1.165, 1.54) is 0 Å². The third-order valence-electron chi connectivity index (χ3n) is 3.01.